The van der Waals surface area contributed by atoms with Crippen LogP contribution in [0.1, 0.15) is 12.8 Å². The maximum atomic E-state index is 13.0. The summed E-state index contributed by atoms with van der Waals surface area (Å²) in [5, 5.41) is 10.7. The fourth-order valence-electron chi connectivity index (χ4n) is 3.18. The molecule has 0 unspecified atom stereocenters. The molecule has 1 aliphatic heterocycles. The van der Waals surface area contributed by atoms with Gasteiger partial charge >= 0.3 is 0 Å². The third-order valence-electron chi connectivity index (χ3n) is 4.67. The summed E-state index contributed by atoms with van der Waals surface area (Å²) in [5.74, 6) is -0.216. The number of piperidine rings is 1. The fourth-order valence-corrected chi connectivity index (χ4v) is 3.18. The minimum absolute atomic E-state index is 0.110. The first-order valence-corrected chi connectivity index (χ1v) is 8.02. The average molecular weight is 329 g/mol. The average Bonchev–Trinajstić information content (AvgIpc) is 2.62. The maximum absolute atomic E-state index is 13.0. The minimum atomic E-state index is -0.384. The van der Waals surface area contributed by atoms with Crippen molar-refractivity contribution in [1.29, 1.82) is 0 Å². The SMILES string of the molecule is CN(c1ccc([N+](=O)[O-])cc1)C1CCN(c2ccc(F)cc2)CC1. The molecule has 0 atom stereocenters. The molecule has 0 amide bonds. The minimum Gasteiger partial charge on any atom is -0.371 e. The second-order valence-electron chi connectivity index (χ2n) is 6.08. The molecular formula is C18H20FN3O2. The van der Waals surface area contributed by atoms with Gasteiger partial charge in [-0.25, -0.2) is 4.39 Å². The van der Waals surface area contributed by atoms with Crippen molar-refractivity contribution in [3.05, 3.63) is 64.5 Å². The summed E-state index contributed by atoms with van der Waals surface area (Å²) >= 11 is 0. The molecule has 126 valence electrons. The summed E-state index contributed by atoms with van der Waals surface area (Å²) in [6.45, 7) is 1.82. The number of nitro groups is 1. The van der Waals surface area contributed by atoms with Gasteiger partial charge in [-0.3, -0.25) is 10.1 Å². The summed E-state index contributed by atoms with van der Waals surface area (Å²) in [4.78, 5) is 14.8. The van der Waals surface area contributed by atoms with Crippen molar-refractivity contribution in [3.8, 4) is 0 Å². The number of nitro benzene ring substituents is 1. The first-order valence-electron chi connectivity index (χ1n) is 8.02. The molecule has 0 bridgehead atoms. The normalized spacial score (nSPS) is 15.3. The van der Waals surface area contributed by atoms with Crippen LogP contribution in [0.5, 0.6) is 0 Å². The van der Waals surface area contributed by atoms with E-state index in [2.05, 4.69) is 9.80 Å². The fraction of sp³-hybridized carbons (Fsp3) is 0.333. The van der Waals surface area contributed by atoms with Gasteiger partial charge in [0, 0.05) is 49.7 Å². The third kappa shape index (κ3) is 3.48. The Morgan fingerprint density at radius 1 is 1.08 bits per heavy atom. The van der Waals surface area contributed by atoms with Crippen LogP contribution in [0.3, 0.4) is 0 Å². The second kappa shape index (κ2) is 6.86. The number of non-ortho nitro benzene ring substituents is 1. The van der Waals surface area contributed by atoms with Gasteiger partial charge in [0.15, 0.2) is 0 Å². The lowest BCUT2D eigenvalue weighted by Crippen LogP contribution is -2.43. The van der Waals surface area contributed by atoms with Gasteiger partial charge in [0.25, 0.3) is 5.69 Å². The van der Waals surface area contributed by atoms with E-state index in [1.807, 2.05) is 19.2 Å². The highest BCUT2D eigenvalue weighted by Crippen LogP contribution is 2.26. The van der Waals surface area contributed by atoms with Crippen molar-refractivity contribution in [2.24, 2.45) is 0 Å². The van der Waals surface area contributed by atoms with Crippen LogP contribution in [0.4, 0.5) is 21.5 Å². The van der Waals surface area contributed by atoms with E-state index in [0.717, 1.165) is 37.3 Å². The lowest BCUT2D eigenvalue weighted by molar-refractivity contribution is -0.384. The zero-order valence-corrected chi connectivity index (χ0v) is 13.6. The summed E-state index contributed by atoms with van der Waals surface area (Å²) in [6.07, 6.45) is 1.98. The Morgan fingerprint density at radius 2 is 1.67 bits per heavy atom. The molecule has 0 spiro atoms. The summed E-state index contributed by atoms with van der Waals surface area (Å²) in [6, 6.07) is 13.7. The van der Waals surface area contributed by atoms with Crippen molar-refractivity contribution >= 4 is 17.1 Å². The number of hydrogen-bond donors (Lipinski definition) is 0. The molecule has 2 aromatic carbocycles. The van der Waals surface area contributed by atoms with Crippen LogP contribution in [0.2, 0.25) is 0 Å². The first-order chi connectivity index (χ1) is 11.5. The number of halogens is 1. The van der Waals surface area contributed by atoms with Crippen molar-refractivity contribution in [2.75, 3.05) is 29.9 Å². The first kappa shape index (κ1) is 16.2. The monoisotopic (exact) mass is 329 g/mol. The zero-order valence-electron chi connectivity index (χ0n) is 13.6. The van der Waals surface area contributed by atoms with Gasteiger partial charge < -0.3 is 9.80 Å². The van der Waals surface area contributed by atoms with E-state index in [0.29, 0.717) is 6.04 Å². The molecule has 0 aromatic heterocycles. The predicted octanol–water partition coefficient (Wildman–Crippen LogP) is 3.84. The number of benzene rings is 2. The summed E-state index contributed by atoms with van der Waals surface area (Å²) in [7, 11) is 2.03. The molecule has 0 radical (unpaired) electrons. The van der Waals surface area contributed by atoms with Crippen LogP contribution in [0.25, 0.3) is 0 Å². The van der Waals surface area contributed by atoms with Crippen LogP contribution in [0, 0.1) is 15.9 Å². The molecule has 6 heteroatoms. The largest absolute Gasteiger partial charge is 0.371 e. The van der Waals surface area contributed by atoms with Gasteiger partial charge in [0.05, 0.1) is 4.92 Å². The van der Waals surface area contributed by atoms with Crippen molar-refractivity contribution in [2.45, 2.75) is 18.9 Å². The Kier molecular flexibility index (Phi) is 4.64. The van der Waals surface area contributed by atoms with Gasteiger partial charge in [-0.05, 0) is 49.2 Å². The molecule has 1 aliphatic rings. The maximum Gasteiger partial charge on any atom is 0.269 e. The smallest absolute Gasteiger partial charge is 0.269 e. The Hall–Kier alpha value is -2.63. The highest BCUT2D eigenvalue weighted by atomic mass is 19.1. The Morgan fingerprint density at radius 3 is 2.21 bits per heavy atom. The molecule has 3 rings (SSSR count). The Labute approximate surface area is 140 Å². The number of nitrogens with zero attached hydrogens (tertiary/aromatic N) is 3. The van der Waals surface area contributed by atoms with E-state index in [1.165, 1.54) is 12.1 Å². The van der Waals surface area contributed by atoms with Crippen LogP contribution >= 0.6 is 0 Å². The van der Waals surface area contributed by atoms with Crippen LogP contribution in [-0.4, -0.2) is 31.1 Å². The molecule has 24 heavy (non-hydrogen) atoms. The molecule has 1 heterocycles. The summed E-state index contributed by atoms with van der Waals surface area (Å²) < 4.78 is 13.0. The van der Waals surface area contributed by atoms with Gasteiger partial charge in [-0.2, -0.15) is 0 Å². The van der Waals surface area contributed by atoms with E-state index in [-0.39, 0.29) is 16.4 Å². The number of rotatable bonds is 4. The molecule has 0 N–H and O–H groups in total. The number of hydrogen-bond acceptors (Lipinski definition) is 4. The van der Waals surface area contributed by atoms with E-state index < -0.39 is 0 Å². The van der Waals surface area contributed by atoms with Crippen molar-refractivity contribution < 1.29 is 9.31 Å². The van der Waals surface area contributed by atoms with Crippen LogP contribution in [0.15, 0.2) is 48.5 Å². The molecule has 5 nitrogen and oxygen atoms in total. The second-order valence-corrected chi connectivity index (χ2v) is 6.08. The molecule has 1 fully saturated rings. The third-order valence-corrected chi connectivity index (χ3v) is 4.67. The zero-order chi connectivity index (χ0) is 17.1. The molecule has 0 saturated carbocycles. The van der Waals surface area contributed by atoms with Gasteiger partial charge in [-0.15, -0.1) is 0 Å². The molecule has 0 aliphatic carbocycles. The van der Waals surface area contributed by atoms with E-state index in [4.69, 9.17) is 0 Å². The summed E-state index contributed by atoms with van der Waals surface area (Å²) in [5.41, 5.74) is 2.15. The lowest BCUT2D eigenvalue weighted by Gasteiger charge is -2.38. The van der Waals surface area contributed by atoms with Crippen LogP contribution in [-0.2, 0) is 0 Å². The van der Waals surface area contributed by atoms with E-state index in [9.17, 15) is 14.5 Å². The number of anilines is 2. The quantitative estimate of drug-likeness (QED) is 0.632. The molecule has 2 aromatic rings. The predicted molar refractivity (Wildman–Crippen MR) is 93.1 cm³/mol. The standard InChI is InChI=1S/C18H20FN3O2/c1-20(15-6-8-18(9-7-15)22(23)24)16-10-12-21(13-11-16)17-4-2-14(19)3-5-17/h2-9,16H,10-13H2,1H3. The van der Waals surface area contributed by atoms with Gasteiger partial charge in [0.2, 0.25) is 0 Å². The van der Waals surface area contributed by atoms with E-state index >= 15 is 0 Å². The van der Waals surface area contributed by atoms with Crippen LogP contribution < -0.4 is 9.80 Å². The Bertz CT molecular complexity index is 695. The highest BCUT2D eigenvalue weighted by molar-refractivity contribution is 5.52. The van der Waals surface area contributed by atoms with Crippen molar-refractivity contribution in [1.82, 2.24) is 0 Å². The van der Waals surface area contributed by atoms with Gasteiger partial charge in [0.1, 0.15) is 5.82 Å². The molecule has 1 saturated heterocycles. The highest BCUT2D eigenvalue weighted by Gasteiger charge is 2.23. The molecular weight excluding hydrogens is 309 g/mol. The topological polar surface area (TPSA) is 49.6 Å². The Balaban J connectivity index is 1.61. The van der Waals surface area contributed by atoms with Crippen molar-refractivity contribution in [3.63, 3.8) is 0 Å². The van der Waals surface area contributed by atoms with Gasteiger partial charge in [-0.1, -0.05) is 0 Å². The lowest BCUT2D eigenvalue weighted by atomic mass is 10.0. The van der Waals surface area contributed by atoms with E-state index in [1.54, 1.807) is 24.3 Å².